The lowest BCUT2D eigenvalue weighted by molar-refractivity contribution is -0.142. The lowest BCUT2D eigenvalue weighted by Crippen LogP contribution is -2.52. The Bertz CT molecular complexity index is 3570. The average Bonchev–Trinajstić information content (AvgIpc) is 1.06. The van der Waals surface area contributed by atoms with Gasteiger partial charge in [0.25, 0.3) is 0 Å². The molecule has 0 fully saturated rings. The molecule has 5 aromatic carbocycles. The summed E-state index contributed by atoms with van der Waals surface area (Å²) in [6.45, 7) is 19.5. The Morgan fingerprint density at radius 3 is 1.94 bits per heavy atom. The van der Waals surface area contributed by atoms with Gasteiger partial charge in [0, 0.05) is 35.8 Å². The second kappa shape index (κ2) is 27.6. The number of fused-ring (bicyclic) bond motifs is 15. The molecule has 0 aliphatic carbocycles. The maximum atomic E-state index is 15.6. The number of hydrogen-bond donors (Lipinski definition) is 6. The normalized spacial score (nSPS) is 21.8. The van der Waals surface area contributed by atoms with Crippen molar-refractivity contribution in [3.05, 3.63) is 122 Å². The van der Waals surface area contributed by atoms with Gasteiger partial charge in [0.05, 0.1) is 55.4 Å². The third kappa shape index (κ3) is 14.8. The van der Waals surface area contributed by atoms with Gasteiger partial charge in [-0.05, 0) is 145 Å². The molecule has 19 nitrogen and oxygen atoms in total. The summed E-state index contributed by atoms with van der Waals surface area (Å²) in [5, 5.41) is 22.7. The van der Waals surface area contributed by atoms with Crippen molar-refractivity contribution in [3.8, 4) is 51.4 Å². The quantitative estimate of drug-likeness (QED) is 0.0599. The van der Waals surface area contributed by atoms with Gasteiger partial charge >= 0.3 is 5.97 Å². The van der Waals surface area contributed by atoms with Crippen LogP contribution in [0.15, 0.2) is 78.9 Å². The van der Waals surface area contributed by atoms with Crippen molar-refractivity contribution in [2.45, 2.75) is 154 Å². The van der Waals surface area contributed by atoms with Crippen molar-refractivity contribution in [2.75, 3.05) is 21.3 Å². The van der Waals surface area contributed by atoms with Crippen LogP contribution in [0, 0.1) is 24.7 Å². The fraction of sp³-hybridized carbons (Fsp3) is 0.448. The topological polar surface area (TPSA) is 269 Å². The van der Waals surface area contributed by atoms with Crippen molar-refractivity contribution < 1.29 is 66.8 Å². The zero-order valence-electron chi connectivity index (χ0n) is 52.6. The van der Waals surface area contributed by atoms with Crippen LogP contribution in [0.1, 0.15) is 150 Å². The van der Waals surface area contributed by atoms with Gasteiger partial charge in [-0.2, -0.15) is 0 Å². The molecule has 22 heteroatoms. The number of ether oxygens (including phenoxy) is 5. The minimum atomic E-state index is -2.87. The first kappa shape index (κ1) is 67.3. The van der Waals surface area contributed by atoms with Gasteiger partial charge in [-0.3, -0.25) is 28.8 Å². The second-order valence-electron chi connectivity index (χ2n) is 25.3. The zero-order chi connectivity index (χ0) is 65.1. The molecule has 0 saturated heterocycles. The number of aliphatic carboxylic acids is 1. The van der Waals surface area contributed by atoms with E-state index in [0.29, 0.717) is 52.0 Å². The third-order valence-electron chi connectivity index (χ3n) is 17.6. The number of halogens is 2. The number of hydrogen-bond acceptors (Lipinski definition) is 13. The molecule has 11 bridgehead atoms. The maximum Gasteiger partial charge on any atom is 0.330 e. The summed E-state index contributed by atoms with van der Waals surface area (Å²) in [5.41, 5.74) is 9.01. The summed E-state index contributed by atoms with van der Waals surface area (Å²) in [7, 11) is 1.42. The Balaban J connectivity index is 1.39. The molecule has 5 heterocycles. The van der Waals surface area contributed by atoms with E-state index in [4.69, 9.17) is 57.0 Å². The van der Waals surface area contributed by atoms with Gasteiger partial charge < -0.3 is 60.2 Å². The van der Waals surface area contributed by atoms with Gasteiger partial charge in [-0.1, -0.05) is 95.9 Å². The third-order valence-corrected chi connectivity index (χ3v) is 22.7. The number of nitrogens with two attached hydrogens (primary N) is 1. The van der Waals surface area contributed by atoms with Crippen LogP contribution < -0.4 is 50.7 Å². The summed E-state index contributed by atoms with van der Waals surface area (Å²) >= 11 is 14.4. The predicted molar refractivity (Wildman–Crippen MR) is 341 cm³/mol. The van der Waals surface area contributed by atoms with E-state index in [0.717, 1.165) is 0 Å². The molecular formula is C67H81Cl2N5O14Si. The number of carbonyl (C=O) groups excluding carboxylic acids is 6. The molecule has 5 aliphatic rings. The van der Waals surface area contributed by atoms with E-state index in [1.54, 1.807) is 92.7 Å². The number of primary amides is 1. The van der Waals surface area contributed by atoms with Gasteiger partial charge in [-0.25, -0.2) is 4.79 Å². The predicted octanol–water partition coefficient (Wildman–Crippen LogP) is 12.2. The minimum absolute atomic E-state index is 0.0482. The molecule has 0 unspecified atom stereocenters. The Hall–Kier alpha value is -7.65. The summed E-state index contributed by atoms with van der Waals surface area (Å²) in [5.74, 6) is -8.42. The molecule has 0 radical (unpaired) electrons. The fourth-order valence-corrected chi connectivity index (χ4v) is 13.4. The molecule has 0 saturated carbocycles. The summed E-state index contributed by atoms with van der Waals surface area (Å²) in [6.07, 6.45) is -1.54. The highest BCUT2D eigenvalue weighted by molar-refractivity contribution is 6.74. The van der Waals surface area contributed by atoms with Gasteiger partial charge in [0.2, 0.25) is 35.3 Å². The minimum Gasteiger partial charge on any atom is -0.496 e. The van der Waals surface area contributed by atoms with Gasteiger partial charge in [-0.15, -0.1) is 0 Å². The molecule has 5 aliphatic heterocycles. The van der Waals surface area contributed by atoms with E-state index in [1.807, 2.05) is 54.6 Å². The van der Waals surface area contributed by atoms with E-state index < -0.39 is 121 Å². The van der Waals surface area contributed by atoms with Crippen LogP contribution in [0.25, 0.3) is 11.1 Å². The largest absolute Gasteiger partial charge is 0.496 e. The molecule has 10 rings (SSSR count). The highest BCUT2D eigenvalue weighted by Gasteiger charge is 2.45. The first-order chi connectivity index (χ1) is 42.0. The number of carboxylic acid groups (broad SMARTS) is 1. The van der Waals surface area contributed by atoms with E-state index in [2.05, 4.69) is 21.3 Å². The first-order valence-corrected chi connectivity index (χ1v) is 33.6. The monoisotopic (exact) mass is 1280 g/mol. The number of aryl methyl sites for hydroxylation is 1. The SMILES string of the molecule is CC[C@@H](CC(C)C)C(=O)N[C@H]1C(=O)C[C@@H](CC(N)=O)C(=O)N[C@H]2CC[C@H]3C(=O)N[C@H](C(=O)N[C@@H](C(=O)O)c4cc(C)cc(OC)c4-c4cc3ccc4OC)[C@H](C)c3ccc(c(Cl)c3)Oc3cc2cc(c3OC)Oc2ccc(cc2Cl)[C@H]1O[Si](C)(C)C(C)(C)C. The lowest BCUT2D eigenvalue weighted by atomic mass is 9.84. The molecule has 5 aromatic rings. The van der Waals surface area contributed by atoms with Gasteiger partial charge in [0.15, 0.2) is 31.6 Å². The number of ketones is 1. The van der Waals surface area contributed by atoms with Crippen LogP contribution in [-0.4, -0.2) is 88.1 Å². The number of methoxy groups -OCH3 is 3. The number of rotatable bonds is 13. The Morgan fingerprint density at radius 1 is 0.764 bits per heavy atom. The van der Waals surface area contributed by atoms with Crippen LogP contribution in [0.2, 0.25) is 28.2 Å². The molecule has 5 amide bonds. The molecule has 476 valence electrons. The lowest BCUT2D eigenvalue weighted by Gasteiger charge is -2.42. The molecule has 0 aromatic heterocycles. The first-order valence-electron chi connectivity index (χ1n) is 29.9. The number of amides is 5. The smallest absolute Gasteiger partial charge is 0.330 e. The van der Waals surface area contributed by atoms with E-state index in [9.17, 15) is 19.5 Å². The van der Waals surface area contributed by atoms with E-state index in [-0.39, 0.29) is 74.4 Å². The second-order valence-corrected chi connectivity index (χ2v) is 30.9. The van der Waals surface area contributed by atoms with Crippen LogP contribution >= 0.6 is 23.2 Å². The number of carbonyl (C=O) groups is 7. The Kier molecular flexibility index (Phi) is 20.9. The maximum absolute atomic E-state index is 15.6. The average molecular weight is 1280 g/mol. The van der Waals surface area contributed by atoms with Crippen molar-refractivity contribution in [1.29, 1.82) is 0 Å². The highest BCUT2D eigenvalue weighted by Crippen LogP contribution is 2.50. The molecular weight excluding hydrogens is 1200 g/mol. The number of carboxylic acids is 1. The van der Waals surface area contributed by atoms with Crippen molar-refractivity contribution >= 4 is 72.8 Å². The highest BCUT2D eigenvalue weighted by atomic mass is 35.5. The van der Waals surface area contributed by atoms with Gasteiger partial charge in [0.1, 0.15) is 35.1 Å². The Morgan fingerprint density at radius 2 is 1.38 bits per heavy atom. The molecule has 89 heavy (non-hydrogen) atoms. The Labute approximate surface area is 530 Å². The number of nitrogens with one attached hydrogen (secondary N) is 4. The van der Waals surface area contributed by atoms with Crippen molar-refractivity contribution in [3.63, 3.8) is 0 Å². The summed E-state index contributed by atoms with van der Waals surface area (Å²) in [4.78, 5) is 103. The number of Topliss-reactive ketones (excluding diaryl/α,β-unsaturated/α-hetero) is 1. The van der Waals surface area contributed by atoms with Crippen LogP contribution in [0.3, 0.4) is 0 Å². The van der Waals surface area contributed by atoms with Crippen LogP contribution in [-0.2, 0) is 38.0 Å². The van der Waals surface area contributed by atoms with E-state index in [1.165, 1.54) is 21.3 Å². The van der Waals surface area contributed by atoms with Crippen LogP contribution in [0.4, 0.5) is 0 Å². The van der Waals surface area contributed by atoms with Crippen molar-refractivity contribution in [2.24, 2.45) is 23.5 Å². The van der Waals surface area contributed by atoms with Crippen molar-refractivity contribution in [1.82, 2.24) is 21.3 Å². The number of benzene rings is 5. The molecule has 0 spiro atoms. The van der Waals surface area contributed by atoms with E-state index >= 15 is 19.2 Å². The zero-order valence-corrected chi connectivity index (χ0v) is 55.1. The standard InChI is InChI=1S/C67H81Cl2N5O14Si/c1-14-36(23-33(2)3)62(77)74-59-48(75)29-41(32-55(70)76)63(78)71-47-19-18-42-38-16-20-49(83-9)43(26-38)56-44(24-34(4)25-52(56)84-10)58(66(81)82)73-65(80)57(72-64(42)79)35(5)37-15-21-50(45(68)27-37)86-53-30-40(47)31-54(61(53)85-11)87-51-22-17-39(28-46(51)69)60(59)88-89(12,13)67(6,7)8/h15-17,20-22,24-28,30-31,33,35-36,41-42,47,57-60H,14,18-19,23,29,32H2,1-13H3,(H2,70,76)(H,71,78)(H,72,79)(H,73,80)(H,74,77)(H,81,82)/t35-,36+,41+,42-,47+,57+,58-,59+,60-/m1/s1. The fourth-order valence-electron chi connectivity index (χ4n) is 11.7. The summed E-state index contributed by atoms with van der Waals surface area (Å²) < 4.78 is 38.6. The summed E-state index contributed by atoms with van der Waals surface area (Å²) in [6, 6.07) is 15.7. The van der Waals surface area contributed by atoms with Crippen LogP contribution in [0.5, 0.6) is 40.2 Å². The molecule has 7 N–H and O–H groups in total. The molecule has 9 atom stereocenters.